The van der Waals surface area contributed by atoms with E-state index in [1.807, 2.05) is 36.4 Å². The highest BCUT2D eigenvalue weighted by Gasteiger charge is 2.48. The molecular formula is C33H33FN2O6S. The van der Waals surface area contributed by atoms with E-state index in [1.165, 1.54) is 26.0 Å². The lowest BCUT2D eigenvalue weighted by Gasteiger charge is -2.48. The van der Waals surface area contributed by atoms with Gasteiger partial charge in [-0.05, 0) is 72.5 Å². The van der Waals surface area contributed by atoms with Gasteiger partial charge < -0.3 is 14.4 Å². The fraction of sp³-hybridized carbons (Fsp3) is 0.303. The van der Waals surface area contributed by atoms with E-state index in [1.54, 1.807) is 46.8 Å². The molecule has 0 bridgehead atoms. The first-order chi connectivity index (χ1) is 20.5. The zero-order chi connectivity index (χ0) is 31.1. The number of halogens is 1. The number of anilines is 1. The van der Waals surface area contributed by atoms with Crippen molar-refractivity contribution in [2.75, 3.05) is 24.7 Å². The van der Waals surface area contributed by atoms with Gasteiger partial charge in [0.05, 0.1) is 29.5 Å². The third-order valence-electron chi connectivity index (χ3n) is 7.11. The molecule has 0 spiro atoms. The summed E-state index contributed by atoms with van der Waals surface area (Å²) in [5, 5.41) is 0. The van der Waals surface area contributed by atoms with Gasteiger partial charge in [0, 0.05) is 38.4 Å². The molecule has 1 saturated heterocycles. The highest BCUT2D eigenvalue weighted by Crippen LogP contribution is 2.46. The van der Waals surface area contributed by atoms with Crippen LogP contribution in [0.3, 0.4) is 0 Å². The molecule has 0 aromatic heterocycles. The molecule has 3 aromatic carbocycles. The number of carbonyl (C=O) groups excluding carboxylic acids is 3. The van der Waals surface area contributed by atoms with E-state index in [0.717, 1.165) is 11.1 Å². The second-order valence-corrected chi connectivity index (χ2v) is 11.7. The number of hydrogen-bond acceptors (Lipinski definition) is 6. The van der Waals surface area contributed by atoms with Crippen LogP contribution in [0.1, 0.15) is 55.5 Å². The fourth-order valence-corrected chi connectivity index (χ4v) is 5.20. The Kier molecular flexibility index (Phi) is 10.5. The Hall–Kier alpha value is -4.33. The standard InChI is InChI=1S/C33H33FN2O6S/c1-22(37)41-29-17-11-26(12-18-29)32-30(19-20-31(42-23(2)38)25-9-13-27(34)14-10-25)33(39)36(32)28-15-7-24(8-16-28)6-5-21-35(3)43(4)40/h7-18,30-32H,19-21H2,1-4H3/t30-,31?,32-,43?/m1/s1. The molecule has 1 amide bonds. The number of amides is 1. The molecule has 4 rings (SSSR count). The van der Waals surface area contributed by atoms with Gasteiger partial charge in [-0.2, -0.15) is 0 Å². The molecule has 0 aliphatic carbocycles. The van der Waals surface area contributed by atoms with Crippen molar-refractivity contribution in [2.24, 2.45) is 5.92 Å². The van der Waals surface area contributed by atoms with Gasteiger partial charge in [0.1, 0.15) is 17.7 Å². The van der Waals surface area contributed by atoms with E-state index >= 15 is 0 Å². The van der Waals surface area contributed by atoms with Gasteiger partial charge in [0.15, 0.2) is 0 Å². The number of hydrogen-bond donors (Lipinski definition) is 0. The summed E-state index contributed by atoms with van der Waals surface area (Å²) in [5.74, 6) is 4.66. The quantitative estimate of drug-likeness (QED) is 0.138. The summed E-state index contributed by atoms with van der Waals surface area (Å²) >= 11 is 0. The van der Waals surface area contributed by atoms with Crippen LogP contribution in [0.15, 0.2) is 72.8 Å². The molecule has 43 heavy (non-hydrogen) atoms. The van der Waals surface area contributed by atoms with Crippen LogP contribution < -0.4 is 9.64 Å². The Bertz CT molecular complexity index is 1550. The van der Waals surface area contributed by atoms with Crippen LogP contribution in [0.25, 0.3) is 0 Å². The molecule has 1 aliphatic rings. The number of esters is 2. The zero-order valence-corrected chi connectivity index (χ0v) is 25.2. The SMILES string of the molecule is CC(=O)Oc1ccc([C@@H]2[C@@H](CCC(OC(C)=O)c3ccc(F)cc3)C(=O)N2c2ccc(C#CCN(C)S(C)=O)cc2)cc1. The van der Waals surface area contributed by atoms with Crippen molar-refractivity contribution in [1.82, 2.24) is 4.31 Å². The first kappa shape index (κ1) is 31.6. The van der Waals surface area contributed by atoms with Gasteiger partial charge in [0.2, 0.25) is 5.91 Å². The number of ether oxygens (including phenoxy) is 2. The molecule has 1 fully saturated rings. The molecule has 224 valence electrons. The molecule has 8 nitrogen and oxygen atoms in total. The van der Waals surface area contributed by atoms with E-state index in [2.05, 4.69) is 11.8 Å². The molecule has 0 N–H and O–H groups in total. The molecular weight excluding hydrogens is 571 g/mol. The molecule has 0 saturated carbocycles. The summed E-state index contributed by atoms with van der Waals surface area (Å²) in [6.45, 7) is 3.00. The molecule has 2 unspecified atom stereocenters. The van der Waals surface area contributed by atoms with Crippen molar-refractivity contribution in [3.8, 4) is 17.6 Å². The second-order valence-electron chi connectivity index (χ2n) is 10.2. The molecule has 10 heteroatoms. The lowest BCUT2D eigenvalue weighted by molar-refractivity contribution is -0.147. The van der Waals surface area contributed by atoms with Gasteiger partial charge in [-0.3, -0.25) is 14.4 Å². The minimum atomic E-state index is -1.10. The third kappa shape index (κ3) is 8.15. The molecule has 1 aliphatic heterocycles. The minimum Gasteiger partial charge on any atom is -0.458 e. The largest absolute Gasteiger partial charge is 0.458 e. The summed E-state index contributed by atoms with van der Waals surface area (Å²) in [6.07, 6.45) is 1.74. The predicted molar refractivity (Wildman–Crippen MR) is 162 cm³/mol. The Balaban J connectivity index is 1.57. The maximum absolute atomic E-state index is 13.6. The van der Waals surface area contributed by atoms with E-state index < -0.39 is 40.8 Å². The van der Waals surface area contributed by atoms with Crippen molar-refractivity contribution in [1.29, 1.82) is 0 Å². The number of carbonyl (C=O) groups is 3. The Morgan fingerprint density at radius 3 is 2.23 bits per heavy atom. The van der Waals surface area contributed by atoms with Gasteiger partial charge in [0.25, 0.3) is 0 Å². The maximum atomic E-state index is 13.6. The number of nitrogens with zero attached hydrogens (tertiary/aromatic N) is 2. The summed E-state index contributed by atoms with van der Waals surface area (Å²) in [4.78, 5) is 38.6. The van der Waals surface area contributed by atoms with Gasteiger partial charge in [-0.1, -0.05) is 36.1 Å². The van der Waals surface area contributed by atoms with Gasteiger partial charge in [-0.25, -0.2) is 12.9 Å². The monoisotopic (exact) mass is 604 g/mol. The van der Waals surface area contributed by atoms with Crippen LogP contribution in [-0.4, -0.2) is 46.2 Å². The maximum Gasteiger partial charge on any atom is 0.308 e. The van der Waals surface area contributed by atoms with Crippen LogP contribution in [-0.2, 0) is 30.1 Å². The number of benzene rings is 3. The van der Waals surface area contributed by atoms with E-state index in [-0.39, 0.29) is 11.9 Å². The van der Waals surface area contributed by atoms with Crippen LogP contribution in [0.5, 0.6) is 5.75 Å². The smallest absolute Gasteiger partial charge is 0.308 e. The summed E-state index contributed by atoms with van der Waals surface area (Å²) in [7, 11) is 0.625. The Morgan fingerprint density at radius 2 is 1.65 bits per heavy atom. The van der Waals surface area contributed by atoms with E-state index in [4.69, 9.17) is 9.47 Å². The molecule has 3 aromatic rings. The van der Waals surface area contributed by atoms with Gasteiger partial charge in [-0.15, -0.1) is 0 Å². The van der Waals surface area contributed by atoms with Crippen molar-refractivity contribution in [2.45, 2.75) is 38.8 Å². The number of β-lactam (4-membered cyclic amide) rings is 1. The van der Waals surface area contributed by atoms with Crippen molar-refractivity contribution >= 4 is 34.5 Å². The average Bonchev–Trinajstić information content (AvgIpc) is 2.96. The van der Waals surface area contributed by atoms with Gasteiger partial charge >= 0.3 is 11.9 Å². The van der Waals surface area contributed by atoms with Crippen LogP contribution in [0.2, 0.25) is 0 Å². The Morgan fingerprint density at radius 1 is 1.00 bits per heavy atom. The summed E-state index contributed by atoms with van der Waals surface area (Å²) < 4.78 is 37.4. The Labute approximate surface area is 253 Å². The van der Waals surface area contributed by atoms with Crippen molar-refractivity contribution < 1.29 is 32.5 Å². The predicted octanol–water partition coefficient (Wildman–Crippen LogP) is 5.12. The van der Waals surface area contributed by atoms with E-state index in [9.17, 15) is 23.0 Å². The first-order valence-electron chi connectivity index (χ1n) is 13.7. The second kappa shape index (κ2) is 14.2. The highest BCUT2D eigenvalue weighted by atomic mass is 32.2. The lowest BCUT2D eigenvalue weighted by Crippen LogP contribution is -2.55. The third-order valence-corrected chi connectivity index (χ3v) is 8.11. The molecule has 0 radical (unpaired) electrons. The zero-order valence-electron chi connectivity index (χ0n) is 24.4. The summed E-state index contributed by atoms with van der Waals surface area (Å²) in [5.41, 5.74) is 2.96. The topological polar surface area (TPSA) is 93.2 Å². The number of rotatable bonds is 10. The lowest BCUT2D eigenvalue weighted by atomic mass is 9.78. The average molecular weight is 605 g/mol. The normalized spacial score (nSPS) is 17.3. The van der Waals surface area contributed by atoms with Crippen molar-refractivity contribution in [3.63, 3.8) is 0 Å². The molecule has 4 atom stereocenters. The van der Waals surface area contributed by atoms with E-state index in [0.29, 0.717) is 36.4 Å². The van der Waals surface area contributed by atoms with Crippen LogP contribution >= 0.6 is 0 Å². The van der Waals surface area contributed by atoms with Crippen molar-refractivity contribution in [3.05, 3.63) is 95.3 Å². The minimum absolute atomic E-state index is 0.0828. The van der Waals surface area contributed by atoms with Crippen LogP contribution in [0.4, 0.5) is 10.1 Å². The first-order valence-corrected chi connectivity index (χ1v) is 15.2. The summed E-state index contributed by atoms with van der Waals surface area (Å²) in [6, 6.07) is 19.8. The highest BCUT2D eigenvalue weighted by molar-refractivity contribution is 7.81. The van der Waals surface area contributed by atoms with Crippen LogP contribution in [0, 0.1) is 23.6 Å². The molecule has 1 heterocycles. The fourth-order valence-electron chi connectivity index (χ4n) is 4.95.